The van der Waals surface area contributed by atoms with Crippen LogP contribution in [0.15, 0.2) is 21.3 Å². The van der Waals surface area contributed by atoms with Crippen LogP contribution in [-0.4, -0.2) is 23.2 Å². The smallest absolute Gasteiger partial charge is 0.228 e. The fourth-order valence-electron chi connectivity index (χ4n) is 1.21. The largest absolute Gasteiger partial charge is 0.339 e. The molecule has 0 amide bonds. The second-order valence-electron chi connectivity index (χ2n) is 3.42. The summed E-state index contributed by atoms with van der Waals surface area (Å²) in [5.41, 5.74) is 1.02. The molecule has 15 heavy (non-hydrogen) atoms. The van der Waals surface area contributed by atoms with Crippen LogP contribution >= 0.6 is 11.3 Å². The van der Waals surface area contributed by atoms with Gasteiger partial charge in [-0.3, -0.25) is 0 Å². The first kappa shape index (κ1) is 10.3. The molecule has 0 radical (unpaired) electrons. The molecule has 5 heteroatoms. The monoisotopic (exact) mass is 223 g/mol. The zero-order chi connectivity index (χ0) is 10.7. The molecule has 4 nitrogen and oxygen atoms in total. The van der Waals surface area contributed by atoms with E-state index in [0.29, 0.717) is 17.8 Å². The van der Waals surface area contributed by atoms with Crippen molar-refractivity contribution in [1.82, 2.24) is 15.5 Å². The summed E-state index contributed by atoms with van der Waals surface area (Å²) in [7, 11) is 1.92. The second kappa shape index (κ2) is 4.55. The molecule has 0 aliphatic carbocycles. The van der Waals surface area contributed by atoms with Crippen LogP contribution in [-0.2, 0) is 6.42 Å². The molecule has 2 aromatic heterocycles. The topological polar surface area (TPSA) is 51.0 Å². The van der Waals surface area contributed by atoms with Crippen molar-refractivity contribution in [2.75, 3.05) is 7.05 Å². The summed E-state index contributed by atoms with van der Waals surface area (Å²) in [5.74, 6) is 1.35. The average molecular weight is 223 g/mol. The van der Waals surface area contributed by atoms with Crippen LogP contribution in [0.4, 0.5) is 0 Å². The lowest BCUT2D eigenvalue weighted by Gasteiger charge is -2.04. The van der Waals surface area contributed by atoms with Crippen LogP contribution in [0.3, 0.4) is 0 Å². The van der Waals surface area contributed by atoms with E-state index in [1.165, 1.54) is 0 Å². The van der Waals surface area contributed by atoms with Crippen LogP contribution < -0.4 is 5.32 Å². The Kier molecular flexibility index (Phi) is 3.13. The van der Waals surface area contributed by atoms with E-state index in [4.69, 9.17) is 4.52 Å². The fourth-order valence-corrected chi connectivity index (χ4v) is 1.85. The highest BCUT2D eigenvalue weighted by atomic mass is 32.1. The van der Waals surface area contributed by atoms with Gasteiger partial charge in [-0.15, -0.1) is 0 Å². The quantitative estimate of drug-likeness (QED) is 0.860. The Labute approximate surface area is 92.3 Å². The Bertz CT molecular complexity index is 410. The summed E-state index contributed by atoms with van der Waals surface area (Å²) < 4.78 is 5.16. The molecule has 0 saturated carbocycles. The molecule has 80 valence electrons. The summed E-state index contributed by atoms with van der Waals surface area (Å²) >= 11 is 1.63. The summed E-state index contributed by atoms with van der Waals surface area (Å²) in [6.45, 7) is 2.08. The van der Waals surface area contributed by atoms with Crippen molar-refractivity contribution < 1.29 is 4.52 Å². The van der Waals surface area contributed by atoms with E-state index in [1.807, 2.05) is 23.9 Å². The van der Waals surface area contributed by atoms with E-state index in [0.717, 1.165) is 12.0 Å². The molecule has 0 aliphatic rings. The van der Waals surface area contributed by atoms with Crippen molar-refractivity contribution in [3.63, 3.8) is 0 Å². The lowest BCUT2D eigenvalue weighted by molar-refractivity contribution is 0.365. The van der Waals surface area contributed by atoms with E-state index in [1.54, 1.807) is 11.3 Å². The van der Waals surface area contributed by atoms with Crippen molar-refractivity contribution in [2.45, 2.75) is 19.4 Å². The maximum atomic E-state index is 5.16. The number of hydrogen-bond acceptors (Lipinski definition) is 5. The predicted octanol–water partition coefficient (Wildman–Crippen LogP) is 1.95. The van der Waals surface area contributed by atoms with Gasteiger partial charge in [0, 0.05) is 23.4 Å². The van der Waals surface area contributed by atoms with E-state index in [9.17, 15) is 0 Å². The molecule has 0 saturated heterocycles. The summed E-state index contributed by atoms with van der Waals surface area (Å²) in [5, 5.41) is 11.1. The highest BCUT2D eigenvalue weighted by Crippen LogP contribution is 2.18. The highest BCUT2D eigenvalue weighted by molar-refractivity contribution is 7.08. The number of hydrogen-bond donors (Lipinski definition) is 1. The molecule has 0 fully saturated rings. The molecule has 1 atom stereocenters. The van der Waals surface area contributed by atoms with Crippen molar-refractivity contribution in [2.24, 2.45) is 0 Å². The van der Waals surface area contributed by atoms with Gasteiger partial charge in [0.25, 0.3) is 0 Å². The van der Waals surface area contributed by atoms with Gasteiger partial charge in [-0.25, -0.2) is 0 Å². The van der Waals surface area contributed by atoms with Crippen LogP contribution in [0.1, 0.15) is 12.8 Å². The van der Waals surface area contributed by atoms with E-state index < -0.39 is 0 Å². The van der Waals surface area contributed by atoms with Gasteiger partial charge in [0.1, 0.15) is 0 Å². The lowest BCUT2D eigenvalue weighted by atomic mass is 10.2. The van der Waals surface area contributed by atoms with Crippen molar-refractivity contribution in [3.05, 3.63) is 22.7 Å². The predicted molar refractivity (Wildman–Crippen MR) is 59.8 cm³/mol. The Morgan fingerprint density at radius 2 is 2.47 bits per heavy atom. The van der Waals surface area contributed by atoms with Gasteiger partial charge in [0.05, 0.1) is 0 Å². The molecular formula is C10H13N3OS. The van der Waals surface area contributed by atoms with Crippen LogP contribution in [0, 0.1) is 0 Å². The normalized spacial score (nSPS) is 12.9. The summed E-state index contributed by atoms with van der Waals surface area (Å²) in [6, 6.07) is 2.33. The third kappa shape index (κ3) is 2.43. The second-order valence-corrected chi connectivity index (χ2v) is 4.20. The van der Waals surface area contributed by atoms with Gasteiger partial charge in [-0.2, -0.15) is 16.3 Å². The fraction of sp³-hybridized carbons (Fsp3) is 0.400. The molecule has 1 N–H and O–H groups in total. The van der Waals surface area contributed by atoms with Crippen molar-refractivity contribution >= 4 is 11.3 Å². The first-order valence-corrected chi connectivity index (χ1v) is 5.76. The van der Waals surface area contributed by atoms with Gasteiger partial charge in [-0.1, -0.05) is 5.16 Å². The number of nitrogens with one attached hydrogen (secondary N) is 1. The Hall–Kier alpha value is -1.20. The van der Waals surface area contributed by atoms with Gasteiger partial charge >= 0.3 is 0 Å². The van der Waals surface area contributed by atoms with Crippen LogP contribution in [0.2, 0.25) is 0 Å². The Morgan fingerprint density at radius 3 is 3.13 bits per heavy atom. The molecule has 1 unspecified atom stereocenters. The van der Waals surface area contributed by atoms with Gasteiger partial charge in [-0.05, 0) is 25.4 Å². The standard InChI is InChI=1S/C10H13N3OS/c1-7(11-2)5-9-12-10(13-14-9)8-3-4-15-6-8/h3-4,6-7,11H,5H2,1-2H3. The maximum absolute atomic E-state index is 5.16. The molecule has 0 aromatic carbocycles. The first-order valence-electron chi connectivity index (χ1n) is 4.82. The molecule has 2 rings (SSSR count). The SMILES string of the molecule is CNC(C)Cc1nc(-c2ccsc2)no1. The maximum Gasteiger partial charge on any atom is 0.228 e. The number of nitrogens with zero attached hydrogens (tertiary/aromatic N) is 2. The number of thiophene rings is 1. The number of aromatic nitrogens is 2. The zero-order valence-electron chi connectivity index (χ0n) is 8.73. The third-order valence-electron chi connectivity index (χ3n) is 2.22. The van der Waals surface area contributed by atoms with Gasteiger partial charge in [0.2, 0.25) is 11.7 Å². The highest BCUT2D eigenvalue weighted by Gasteiger charge is 2.10. The van der Waals surface area contributed by atoms with E-state index in [-0.39, 0.29) is 0 Å². The molecule has 2 aromatic rings. The van der Waals surface area contributed by atoms with Gasteiger partial charge < -0.3 is 9.84 Å². The molecule has 0 aliphatic heterocycles. The van der Waals surface area contributed by atoms with Crippen molar-refractivity contribution in [1.29, 1.82) is 0 Å². The number of likely N-dealkylation sites (N-methyl/N-ethyl adjacent to an activating group) is 1. The van der Waals surface area contributed by atoms with Gasteiger partial charge in [0.15, 0.2) is 0 Å². The molecule has 0 spiro atoms. The van der Waals surface area contributed by atoms with Crippen LogP contribution in [0.5, 0.6) is 0 Å². The molecule has 2 heterocycles. The average Bonchev–Trinajstić information content (AvgIpc) is 2.85. The minimum atomic E-state index is 0.348. The van der Waals surface area contributed by atoms with E-state index in [2.05, 4.69) is 22.4 Å². The number of rotatable bonds is 4. The Balaban J connectivity index is 2.11. The third-order valence-corrected chi connectivity index (χ3v) is 2.90. The van der Waals surface area contributed by atoms with E-state index >= 15 is 0 Å². The zero-order valence-corrected chi connectivity index (χ0v) is 9.54. The molecular weight excluding hydrogens is 210 g/mol. The summed E-state index contributed by atoms with van der Waals surface area (Å²) in [4.78, 5) is 4.33. The van der Waals surface area contributed by atoms with Crippen molar-refractivity contribution in [3.8, 4) is 11.4 Å². The Morgan fingerprint density at radius 1 is 1.60 bits per heavy atom. The van der Waals surface area contributed by atoms with Crippen LogP contribution in [0.25, 0.3) is 11.4 Å². The summed E-state index contributed by atoms with van der Waals surface area (Å²) in [6.07, 6.45) is 0.758. The minimum absolute atomic E-state index is 0.348. The lowest BCUT2D eigenvalue weighted by Crippen LogP contribution is -2.23. The molecule has 0 bridgehead atoms. The first-order chi connectivity index (χ1) is 7.29. The minimum Gasteiger partial charge on any atom is -0.339 e.